The smallest absolute Gasteiger partial charge is 0.262 e. The number of hydrogen-bond acceptors (Lipinski definition) is 5. The number of benzene rings is 2. The van der Waals surface area contributed by atoms with Crippen LogP contribution < -0.4 is 19.5 Å². The van der Waals surface area contributed by atoms with Gasteiger partial charge in [0.05, 0.1) is 19.9 Å². The number of aromatic nitrogens is 1. The molecule has 3 aromatic rings. The summed E-state index contributed by atoms with van der Waals surface area (Å²) in [5.74, 6) is 1.72. The predicted molar refractivity (Wildman–Crippen MR) is 95.4 cm³/mol. The van der Waals surface area contributed by atoms with E-state index in [1.165, 1.54) is 0 Å². The molecule has 0 aliphatic rings. The highest BCUT2D eigenvalue weighted by atomic mass is 16.5. The molecule has 0 fully saturated rings. The van der Waals surface area contributed by atoms with Crippen LogP contribution in [0.15, 0.2) is 54.7 Å². The maximum Gasteiger partial charge on any atom is 0.262 e. The van der Waals surface area contributed by atoms with Gasteiger partial charge in [-0.3, -0.25) is 9.78 Å². The van der Waals surface area contributed by atoms with Gasteiger partial charge in [0.25, 0.3) is 5.91 Å². The first kappa shape index (κ1) is 16.6. The number of ether oxygens (including phenoxy) is 3. The second-order valence-electron chi connectivity index (χ2n) is 5.23. The fraction of sp³-hybridized carbons (Fsp3) is 0.158. The van der Waals surface area contributed by atoms with Crippen LogP contribution in [0.2, 0.25) is 0 Å². The van der Waals surface area contributed by atoms with Gasteiger partial charge in [0.2, 0.25) is 0 Å². The van der Waals surface area contributed by atoms with Gasteiger partial charge in [0, 0.05) is 11.6 Å². The molecule has 1 heterocycles. The summed E-state index contributed by atoms with van der Waals surface area (Å²) in [5, 5.41) is 3.65. The van der Waals surface area contributed by atoms with Gasteiger partial charge in [-0.25, -0.2) is 0 Å². The van der Waals surface area contributed by atoms with Crippen LogP contribution in [0.3, 0.4) is 0 Å². The van der Waals surface area contributed by atoms with Crippen molar-refractivity contribution >= 4 is 22.5 Å². The Balaban J connectivity index is 1.69. The molecule has 0 atom stereocenters. The molecule has 6 heteroatoms. The molecule has 0 bridgehead atoms. The largest absolute Gasteiger partial charge is 0.497 e. The average Bonchev–Trinajstić information content (AvgIpc) is 2.67. The zero-order chi connectivity index (χ0) is 17.6. The molecule has 0 spiro atoms. The van der Waals surface area contributed by atoms with Crippen LogP contribution in [0.1, 0.15) is 0 Å². The molecular weight excluding hydrogens is 320 g/mol. The van der Waals surface area contributed by atoms with Crippen LogP contribution in [-0.4, -0.2) is 31.7 Å². The number of anilines is 1. The molecule has 2 aromatic carbocycles. The molecule has 128 valence electrons. The van der Waals surface area contributed by atoms with Gasteiger partial charge in [-0.1, -0.05) is 0 Å². The topological polar surface area (TPSA) is 69.7 Å². The van der Waals surface area contributed by atoms with E-state index in [-0.39, 0.29) is 12.5 Å². The highest BCUT2D eigenvalue weighted by Gasteiger charge is 2.10. The van der Waals surface area contributed by atoms with Crippen LogP contribution in [0.5, 0.6) is 17.2 Å². The van der Waals surface area contributed by atoms with Crippen molar-refractivity contribution in [3.8, 4) is 17.2 Å². The number of hydrogen-bond donors (Lipinski definition) is 1. The average molecular weight is 338 g/mol. The number of methoxy groups -OCH3 is 2. The van der Waals surface area contributed by atoms with Gasteiger partial charge in [-0.05, 0) is 48.5 Å². The van der Waals surface area contributed by atoms with Crippen LogP contribution in [0.25, 0.3) is 10.9 Å². The molecule has 1 aromatic heterocycles. The Morgan fingerprint density at radius 3 is 2.48 bits per heavy atom. The Bertz CT molecular complexity index is 878. The van der Waals surface area contributed by atoms with Crippen molar-refractivity contribution in [3.05, 3.63) is 54.7 Å². The first-order chi connectivity index (χ1) is 12.2. The molecule has 1 N–H and O–H groups in total. The van der Waals surface area contributed by atoms with E-state index in [0.717, 1.165) is 11.1 Å². The van der Waals surface area contributed by atoms with Crippen molar-refractivity contribution in [2.75, 3.05) is 26.1 Å². The third-order valence-corrected chi connectivity index (χ3v) is 3.66. The Hall–Kier alpha value is -3.28. The molecule has 6 nitrogen and oxygen atoms in total. The van der Waals surface area contributed by atoms with Crippen LogP contribution >= 0.6 is 0 Å². The molecule has 0 aliphatic heterocycles. The minimum atomic E-state index is -0.258. The summed E-state index contributed by atoms with van der Waals surface area (Å²) < 4.78 is 15.9. The van der Waals surface area contributed by atoms with Crippen molar-refractivity contribution in [1.82, 2.24) is 4.98 Å². The Morgan fingerprint density at radius 2 is 1.76 bits per heavy atom. The lowest BCUT2D eigenvalue weighted by Gasteiger charge is -2.11. The second kappa shape index (κ2) is 7.53. The van der Waals surface area contributed by atoms with Gasteiger partial charge in [0.15, 0.2) is 6.61 Å². The highest BCUT2D eigenvalue weighted by Crippen LogP contribution is 2.29. The minimum Gasteiger partial charge on any atom is -0.497 e. The summed E-state index contributed by atoms with van der Waals surface area (Å²) in [6.07, 6.45) is 1.68. The number of carbonyl (C=O) groups excluding carboxylic acids is 1. The quantitative estimate of drug-likeness (QED) is 0.747. The first-order valence-electron chi connectivity index (χ1n) is 7.69. The van der Waals surface area contributed by atoms with Crippen molar-refractivity contribution in [1.29, 1.82) is 0 Å². The van der Waals surface area contributed by atoms with Crippen molar-refractivity contribution in [3.63, 3.8) is 0 Å². The summed E-state index contributed by atoms with van der Waals surface area (Å²) in [5.41, 5.74) is 1.35. The lowest BCUT2D eigenvalue weighted by molar-refractivity contribution is -0.118. The Labute approximate surface area is 145 Å². The molecule has 0 aliphatic carbocycles. The van der Waals surface area contributed by atoms with Crippen molar-refractivity contribution in [2.24, 2.45) is 0 Å². The number of rotatable bonds is 6. The van der Waals surface area contributed by atoms with E-state index in [0.29, 0.717) is 22.7 Å². The molecule has 0 unspecified atom stereocenters. The fourth-order valence-corrected chi connectivity index (χ4v) is 2.43. The van der Waals surface area contributed by atoms with Gasteiger partial charge in [-0.2, -0.15) is 0 Å². The normalized spacial score (nSPS) is 10.3. The minimum absolute atomic E-state index is 0.0971. The Morgan fingerprint density at radius 1 is 1.00 bits per heavy atom. The lowest BCUT2D eigenvalue weighted by atomic mass is 10.1. The summed E-state index contributed by atoms with van der Waals surface area (Å²) in [6.45, 7) is -0.0971. The van der Waals surface area contributed by atoms with Crippen LogP contribution in [-0.2, 0) is 4.79 Å². The van der Waals surface area contributed by atoms with E-state index >= 15 is 0 Å². The highest BCUT2D eigenvalue weighted by molar-refractivity contribution is 6.03. The zero-order valence-electron chi connectivity index (χ0n) is 14.0. The standard InChI is InChI=1S/C19H18N2O4/c1-23-13-5-7-14(8-6-13)25-12-18(22)21-16-9-10-17(24-2)19-15(16)4-3-11-20-19/h3-11H,12H2,1-2H3,(H,21,22). The lowest BCUT2D eigenvalue weighted by Crippen LogP contribution is -2.20. The van der Waals surface area contributed by atoms with Crippen molar-refractivity contribution in [2.45, 2.75) is 0 Å². The van der Waals surface area contributed by atoms with E-state index in [9.17, 15) is 4.79 Å². The zero-order valence-corrected chi connectivity index (χ0v) is 14.0. The first-order valence-corrected chi connectivity index (χ1v) is 7.69. The number of nitrogens with zero attached hydrogens (tertiary/aromatic N) is 1. The van der Waals surface area contributed by atoms with E-state index in [4.69, 9.17) is 14.2 Å². The Kier molecular flexibility index (Phi) is 4.99. The van der Waals surface area contributed by atoms with E-state index in [1.54, 1.807) is 56.8 Å². The number of carbonyl (C=O) groups is 1. The molecule has 1 amide bonds. The fourth-order valence-electron chi connectivity index (χ4n) is 2.43. The molecule has 0 saturated carbocycles. The van der Waals surface area contributed by atoms with Gasteiger partial charge < -0.3 is 19.5 Å². The molecule has 3 rings (SSSR count). The SMILES string of the molecule is COc1ccc(OCC(=O)Nc2ccc(OC)c3ncccc23)cc1. The molecule has 0 saturated heterocycles. The number of fused-ring (bicyclic) bond motifs is 1. The number of amides is 1. The predicted octanol–water partition coefficient (Wildman–Crippen LogP) is 3.27. The van der Waals surface area contributed by atoms with Crippen molar-refractivity contribution < 1.29 is 19.0 Å². The summed E-state index contributed by atoms with van der Waals surface area (Å²) >= 11 is 0. The second-order valence-corrected chi connectivity index (χ2v) is 5.23. The van der Waals surface area contributed by atoms with E-state index in [2.05, 4.69) is 10.3 Å². The van der Waals surface area contributed by atoms with E-state index < -0.39 is 0 Å². The maximum absolute atomic E-state index is 12.2. The number of pyridine rings is 1. The third-order valence-electron chi connectivity index (χ3n) is 3.66. The van der Waals surface area contributed by atoms with E-state index in [1.807, 2.05) is 12.1 Å². The number of nitrogens with one attached hydrogen (secondary N) is 1. The summed E-state index contributed by atoms with van der Waals surface area (Å²) in [7, 11) is 3.18. The van der Waals surface area contributed by atoms with Gasteiger partial charge in [-0.15, -0.1) is 0 Å². The van der Waals surface area contributed by atoms with Crippen LogP contribution in [0.4, 0.5) is 5.69 Å². The van der Waals surface area contributed by atoms with Gasteiger partial charge in [0.1, 0.15) is 22.8 Å². The van der Waals surface area contributed by atoms with Gasteiger partial charge >= 0.3 is 0 Å². The van der Waals surface area contributed by atoms with Crippen LogP contribution in [0, 0.1) is 0 Å². The summed E-state index contributed by atoms with van der Waals surface area (Å²) in [6, 6.07) is 14.3. The molecule has 25 heavy (non-hydrogen) atoms. The molecule has 0 radical (unpaired) electrons. The monoisotopic (exact) mass is 338 g/mol. The molecular formula is C19H18N2O4. The maximum atomic E-state index is 12.2. The third kappa shape index (κ3) is 3.80. The summed E-state index contributed by atoms with van der Waals surface area (Å²) in [4.78, 5) is 16.5.